The first-order chi connectivity index (χ1) is 9.14. The molecule has 110 valence electrons. The molecule has 20 heavy (non-hydrogen) atoms. The van der Waals surface area contributed by atoms with Crippen LogP contribution in [0.4, 0.5) is 0 Å². The summed E-state index contributed by atoms with van der Waals surface area (Å²) in [5.41, 5.74) is 0.468. The van der Waals surface area contributed by atoms with Crippen molar-refractivity contribution < 1.29 is 13.2 Å². The van der Waals surface area contributed by atoms with Gasteiger partial charge < -0.3 is 5.32 Å². The zero-order chi connectivity index (χ0) is 15.4. The summed E-state index contributed by atoms with van der Waals surface area (Å²) < 4.78 is 25.3. The quantitative estimate of drug-likeness (QED) is 0.827. The highest BCUT2D eigenvalue weighted by atomic mass is 32.2. The molecular weight excluding hydrogens is 276 g/mol. The number of hydrogen-bond acceptors (Lipinski definition) is 3. The van der Waals surface area contributed by atoms with E-state index in [2.05, 4.69) is 10.0 Å². The number of benzene rings is 1. The molecule has 0 radical (unpaired) electrons. The van der Waals surface area contributed by atoms with Crippen LogP contribution in [0.1, 0.15) is 26.3 Å². The topological polar surface area (TPSA) is 75.3 Å². The average molecular weight is 296 g/mol. The van der Waals surface area contributed by atoms with Crippen LogP contribution >= 0.6 is 0 Å². The van der Waals surface area contributed by atoms with Crippen molar-refractivity contribution in [3.05, 3.63) is 35.9 Å². The summed E-state index contributed by atoms with van der Waals surface area (Å²) >= 11 is 0. The average Bonchev–Trinajstić information content (AvgIpc) is 2.35. The molecule has 0 atom stereocenters. The zero-order valence-corrected chi connectivity index (χ0v) is 12.9. The summed E-state index contributed by atoms with van der Waals surface area (Å²) in [7, 11) is -2.06. The number of nitrogens with one attached hydrogen (secondary N) is 2. The highest BCUT2D eigenvalue weighted by molar-refractivity contribution is 7.89. The highest BCUT2D eigenvalue weighted by Crippen LogP contribution is 2.11. The van der Waals surface area contributed by atoms with Crippen LogP contribution in [-0.4, -0.2) is 26.9 Å². The van der Waals surface area contributed by atoms with Crippen LogP contribution in [-0.2, 0) is 14.8 Å². The monoisotopic (exact) mass is 296 g/mol. The van der Waals surface area contributed by atoms with Crippen molar-refractivity contribution in [1.29, 1.82) is 0 Å². The number of amides is 1. The summed E-state index contributed by atoms with van der Waals surface area (Å²) in [5.74, 6) is -0.190. The maximum absolute atomic E-state index is 11.6. The predicted octanol–water partition coefficient (Wildman–Crippen LogP) is 1.52. The molecule has 1 aromatic carbocycles. The number of hydrogen-bond donors (Lipinski definition) is 2. The predicted molar refractivity (Wildman–Crippen MR) is 79.6 cm³/mol. The van der Waals surface area contributed by atoms with Crippen molar-refractivity contribution in [3.63, 3.8) is 0 Å². The lowest BCUT2D eigenvalue weighted by Gasteiger charge is -2.18. The van der Waals surface area contributed by atoms with Gasteiger partial charge in [0.25, 0.3) is 0 Å². The van der Waals surface area contributed by atoms with Gasteiger partial charge in [0.2, 0.25) is 15.9 Å². The Hall–Kier alpha value is -1.66. The van der Waals surface area contributed by atoms with Crippen LogP contribution in [0.2, 0.25) is 0 Å². The molecule has 1 rings (SSSR count). The molecule has 6 heteroatoms. The first-order valence-electron chi connectivity index (χ1n) is 6.18. The molecular formula is C14H20N2O3S. The Kier molecular flexibility index (Phi) is 5.08. The van der Waals surface area contributed by atoms with Gasteiger partial charge in [-0.15, -0.1) is 0 Å². The minimum absolute atomic E-state index is 0.190. The van der Waals surface area contributed by atoms with Gasteiger partial charge in [-0.2, -0.15) is 0 Å². The molecule has 1 amide bonds. The van der Waals surface area contributed by atoms with Gasteiger partial charge >= 0.3 is 0 Å². The number of sulfonamides is 1. The summed E-state index contributed by atoms with van der Waals surface area (Å²) in [6, 6.07) is 6.27. The molecule has 0 aromatic heterocycles. The molecule has 0 aliphatic rings. The van der Waals surface area contributed by atoms with Crippen molar-refractivity contribution in [2.45, 2.75) is 31.2 Å². The Balaban J connectivity index is 2.78. The van der Waals surface area contributed by atoms with E-state index in [0.717, 1.165) is 5.56 Å². The van der Waals surface area contributed by atoms with Gasteiger partial charge in [-0.1, -0.05) is 12.1 Å². The Morgan fingerprint density at radius 3 is 2.15 bits per heavy atom. The molecule has 0 aliphatic heterocycles. The van der Waals surface area contributed by atoms with E-state index in [4.69, 9.17) is 0 Å². The van der Waals surface area contributed by atoms with Crippen molar-refractivity contribution in [1.82, 2.24) is 10.0 Å². The van der Waals surface area contributed by atoms with Crippen LogP contribution in [0, 0.1) is 0 Å². The van der Waals surface area contributed by atoms with E-state index in [1.807, 2.05) is 20.8 Å². The fourth-order valence-electron chi connectivity index (χ4n) is 1.46. The van der Waals surface area contributed by atoms with E-state index in [9.17, 15) is 13.2 Å². The molecule has 5 nitrogen and oxygen atoms in total. The third-order valence-corrected chi connectivity index (χ3v) is 3.81. The first-order valence-corrected chi connectivity index (χ1v) is 7.66. The van der Waals surface area contributed by atoms with E-state index in [0.29, 0.717) is 0 Å². The van der Waals surface area contributed by atoms with Crippen LogP contribution < -0.4 is 10.0 Å². The van der Waals surface area contributed by atoms with Crippen molar-refractivity contribution in [2.24, 2.45) is 0 Å². The molecule has 1 aromatic rings. The van der Waals surface area contributed by atoms with Gasteiger partial charge in [-0.05, 0) is 51.6 Å². The van der Waals surface area contributed by atoms with Crippen LogP contribution in [0.25, 0.3) is 6.08 Å². The van der Waals surface area contributed by atoms with Crippen LogP contribution in [0.15, 0.2) is 35.2 Å². The SMILES string of the molecule is CNS(=O)(=O)c1ccc(/C=C/C(=O)NC(C)(C)C)cc1. The van der Waals surface area contributed by atoms with Gasteiger partial charge in [0.05, 0.1) is 4.90 Å². The maximum Gasteiger partial charge on any atom is 0.244 e. The van der Waals surface area contributed by atoms with E-state index < -0.39 is 10.0 Å². The third kappa shape index (κ3) is 5.14. The van der Waals surface area contributed by atoms with Crippen LogP contribution in [0.3, 0.4) is 0 Å². The van der Waals surface area contributed by atoms with E-state index in [1.54, 1.807) is 18.2 Å². The Morgan fingerprint density at radius 1 is 1.15 bits per heavy atom. The Bertz CT molecular complexity index is 596. The smallest absolute Gasteiger partial charge is 0.244 e. The number of carbonyl (C=O) groups excluding carboxylic acids is 1. The lowest BCUT2D eigenvalue weighted by Crippen LogP contribution is -2.39. The van der Waals surface area contributed by atoms with Crippen molar-refractivity contribution in [2.75, 3.05) is 7.05 Å². The van der Waals surface area contributed by atoms with Gasteiger partial charge in [-0.25, -0.2) is 13.1 Å². The molecule has 0 bridgehead atoms. The number of carbonyl (C=O) groups is 1. The Morgan fingerprint density at radius 2 is 1.70 bits per heavy atom. The second-order valence-electron chi connectivity index (χ2n) is 5.35. The van der Waals surface area contributed by atoms with Gasteiger partial charge in [-0.3, -0.25) is 4.79 Å². The molecule has 0 fully saturated rings. The van der Waals surface area contributed by atoms with Crippen molar-refractivity contribution in [3.8, 4) is 0 Å². The van der Waals surface area contributed by atoms with Crippen LogP contribution in [0.5, 0.6) is 0 Å². The zero-order valence-electron chi connectivity index (χ0n) is 12.1. The molecule has 0 saturated heterocycles. The van der Waals surface area contributed by atoms with E-state index in [1.165, 1.54) is 25.3 Å². The molecule has 0 saturated carbocycles. The van der Waals surface area contributed by atoms with Gasteiger partial charge in [0, 0.05) is 11.6 Å². The van der Waals surface area contributed by atoms with E-state index in [-0.39, 0.29) is 16.3 Å². The lowest BCUT2D eigenvalue weighted by atomic mass is 10.1. The number of rotatable bonds is 4. The molecule has 0 spiro atoms. The van der Waals surface area contributed by atoms with Gasteiger partial charge in [0.1, 0.15) is 0 Å². The maximum atomic E-state index is 11.6. The van der Waals surface area contributed by atoms with Gasteiger partial charge in [0.15, 0.2) is 0 Å². The summed E-state index contributed by atoms with van der Waals surface area (Å²) in [6.07, 6.45) is 3.06. The van der Waals surface area contributed by atoms with Crippen molar-refractivity contribution >= 4 is 22.0 Å². The molecule has 0 aliphatic carbocycles. The fourth-order valence-corrected chi connectivity index (χ4v) is 2.19. The second kappa shape index (κ2) is 6.19. The molecule has 0 heterocycles. The largest absolute Gasteiger partial charge is 0.348 e. The fraction of sp³-hybridized carbons (Fsp3) is 0.357. The minimum Gasteiger partial charge on any atom is -0.348 e. The Labute approximate surface area is 120 Å². The van der Waals surface area contributed by atoms with E-state index >= 15 is 0 Å². The molecule has 0 unspecified atom stereocenters. The normalized spacial score (nSPS) is 12.6. The third-order valence-electron chi connectivity index (χ3n) is 2.38. The summed E-state index contributed by atoms with van der Waals surface area (Å²) in [5, 5.41) is 2.80. The molecule has 2 N–H and O–H groups in total. The summed E-state index contributed by atoms with van der Waals surface area (Å²) in [4.78, 5) is 11.8. The summed E-state index contributed by atoms with van der Waals surface area (Å²) in [6.45, 7) is 5.70. The first kappa shape index (κ1) is 16.4. The minimum atomic E-state index is -3.42. The second-order valence-corrected chi connectivity index (χ2v) is 7.24. The highest BCUT2D eigenvalue weighted by Gasteiger charge is 2.11. The lowest BCUT2D eigenvalue weighted by molar-refractivity contribution is -0.117. The standard InChI is InChI=1S/C14H20N2O3S/c1-14(2,3)16-13(17)10-7-11-5-8-12(9-6-11)20(18,19)15-4/h5-10,15H,1-4H3,(H,16,17)/b10-7+.